The van der Waals surface area contributed by atoms with Crippen molar-refractivity contribution in [2.45, 2.75) is 20.3 Å². The molecule has 15 heavy (non-hydrogen) atoms. The standard InChI is InChI=1S/C12H16O3/c1-8(2)6-9-4-5-11(15-3)10(7-9)12(13)14/h4-5,7-8H,6H2,1-3H3,(H,13,14). The van der Waals surface area contributed by atoms with Crippen molar-refractivity contribution in [1.82, 2.24) is 0 Å². The Balaban J connectivity index is 3.05. The van der Waals surface area contributed by atoms with Crippen molar-refractivity contribution in [2.75, 3.05) is 7.11 Å². The van der Waals surface area contributed by atoms with E-state index >= 15 is 0 Å². The fourth-order valence-corrected chi connectivity index (χ4v) is 1.52. The molecule has 3 nitrogen and oxygen atoms in total. The molecule has 0 heterocycles. The predicted octanol–water partition coefficient (Wildman–Crippen LogP) is 2.59. The van der Waals surface area contributed by atoms with Crippen LogP contribution in [-0.2, 0) is 6.42 Å². The number of aromatic carboxylic acids is 1. The summed E-state index contributed by atoms with van der Waals surface area (Å²) >= 11 is 0. The van der Waals surface area contributed by atoms with Gasteiger partial charge in [0.15, 0.2) is 0 Å². The number of ether oxygens (including phenoxy) is 1. The molecule has 0 aliphatic carbocycles. The second kappa shape index (κ2) is 4.82. The van der Waals surface area contributed by atoms with E-state index in [0.717, 1.165) is 12.0 Å². The van der Waals surface area contributed by atoms with Gasteiger partial charge in [-0.1, -0.05) is 19.9 Å². The highest BCUT2D eigenvalue weighted by Gasteiger charge is 2.11. The molecule has 0 aromatic heterocycles. The van der Waals surface area contributed by atoms with E-state index in [0.29, 0.717) is 11.7 Å². The maximum absolute atomic E-state index is 10.9. The molecule has 3 heteroatoms. The number of carboxylic acids is 1. The average Bonchev–Trinajstić information content (AvgIpc) is 2.16. The van der Waals surface area contributed by atoms with E-state index in [4.69, 9.17) is 9.84 Å². The lowest BCUT2D eigenvalue weighted by Gasteiger charge is -2.09. The summed E-state index contributed by atoms with van der Waals surface area (Å²) < 4.78 is 4.99. The molecule has 0 aliphatic heterocycles. The summed E-state index contributed by atoms with van der Waals surface area (Å²) in [6.45, 7) is 4.20. The molecular formula is C12H16O3. The molecule has 1 rings (SSSR count). The lowest BCUT2D eigenvalue weighted by atomic mass is 10.0. The molecule has 0 radical (unpaired) electrons. The van der Waals surface area contributed by atoms with Gasteiger partial charge in [0, 0.05) is 0 Å². The fourth-order valence-electron chi connectivity index (χ4n) is 1.52. The summed E-state index contributed by atoms with van der Waals surface area (Å²) in [6, 6.07) is 5.30. The number of hydrogen-bond donors (Lipinski definition) is 1. The summed E-state index contributed by atoms with van der Waals surface area (Å²) in [5.41, 5.74) is 1.26. The van der Waals surface area contributed by atoms with Crippen LogP contribution in [0.1, 0.15) is 29.8 Å². The molecule has 1 aromatic rings. The van der Waals surface area contributed by atoms with E-state index in [1.807, 2.05) is 6.07 Å². The van der Waals surface area contributed by atoms with E-state index in [2.05, 4.69) is 13.8 Å². The SMILES string of the molecule is COc1ccc(CC(C)C)cc1C(=O)O. The van der Waals surface area contributed by atoms with Crippen molar-refractivity contribution < 1.29 is 14.6 Å². The third-order valence-electron chi connectivity index (χ3n) is 2.14. The van der Waals surface area contributed by atoms with Crippen molar-refractivity contribution >= 4 is 5.97 Å². The zero-order valence-corrected chi connectivity index (χ0v) is 9.28. The second-order valence-corrected chi connectivity index (χ2v) is 3.94. The minimum atomic E-state index is -0.947. The predicted molar refractivity (Wildman–Crippen MR) is 58.5 cm³/mol. The number of methoxy groups -OCH3 is 1. The van der Waals surface area contributed by atoms with E-state index in [-0.39, 0.29) is 5.56 Å². The van der Waals surface area contributed by atoms with Gasteiger partial charge in [-0.2, -0.15) is 0 Å². The first-order valence-corrected chi connectivity index (χ1v) is 4.94. The third-order valence-corrected chi connectivity index (χ3v) is 2.14. The zero-order chi connectivity index (χ0) is 11.4. The highest BCUT2D eigenvalue weighted by molar-refractivity contribution is 5.91. The van der Waals surface area contributed by atoms with Crippen molar-refractivity contribution in [3.8, 4) is 5.75 Å². The fraction of sp³-hybridized carbons (Fsp3) is 0.417. The van der Waals surface area contributed by atoms with Crippen LogP contribution in [0.4, 0.5) is 0 Å². The minimum absolute atomic E-state index is 0.232. The molecule has 0 amide bonds. The van der Waals surface area contributed by atoms with Crippen LogP contribution in [0.5, 0.6) is 5.75 Å². The molecular weight excluding hydrogens is 192 g/mol. The average molecular weight is 208 g/mol. The van der Waals surface area contributed by atoms with Gasteiger partial charge in [-0.3, -0.25) is 0 Å². The monoisotopic (exact) mass is 208 g/mol. The van der Waals surface area contributed by atoms with Crippen molar-refractivity contribution in [3.63, 3.8) is 0 Å². The van der Waals surface area contributed by atoms with E-state index in [1.165, 1.54) is 7.11 Å². The first kappa shape index (κ1) is 11.6. The Kier molecular flexibility index (Phi) is 3.72. The van der Waals surface area contributed by atoms with Crippen LogP contribution in [0.3, 0.4) is 0 Å². The van der Waals surface area contributed by atoms with Gasteiger partial charge in [-0.15, -0.1) is 0 Å². The molecule has 1 aromatic carbocycles. The Morgan fingerprint density at radius 2 is 2.13 bits per heavy atom. The Hall–Kier alpha value is -1.51. The quantitative estimate of drug-likeness (QED) is 0.827. The number of hydrogen-bond acceptors (Lipinski definition) is 2. The summed E-state index contributed by atoms with van der Waals surface area (Å²) in [7, 11) is 1.48. The first-order chi connectivity index (χ1) is 7.04. The van der Waals surface area contributed by atoms with Gasteiger partial charge >= 0.3 is 5.97 Å². The summed E-state index contributed by atoms with van der Waals surface area (Å²) in [4.78, 5) is 10.9. The van der Waals surface area contributed by atoms with Crippen LogP contribution in [0, 0.1) is 5.92 Å². The smallest absolute Gasteiger partial charge is 0.339 e. The van der Waals surface area contributed by atoms with Gasteiger partial charge in [0.2, 0.25) is 0 Å². The lowest BCUT2D eigenvalue weighted by Crippen LogP contribution is -2.03. The normalized spacial score (nSPS) is 10.4. The number of benzene rings is 1. The van der Waals surface area contributed by atoms with E-state index < -0.39 is 5.97 Å². The van der Waals surface area contributed by atoms with Crippen LogP contribution >= 0.6 is 0 Å². The van der Waals surface area contributed by atoms with E-state index in [1.54, 1.807) is 12.1 Å². The van der Waals surface area contributed by atoms with Crippen molar-refractivity contribution in [3.05, 3.63) is 29.3 Å². The molecule has 0 bridgehead atoms. The Bertz CT molecular complexity index is 356. The zero-order valence-electron chi connectivity index (χ0n) is 9.28. The van der Waals surface area contributed by atoms with Gasteiger partial charge in [-0.25, -0.2) is 4.79 Å². The van der Waals surface area contributed by atoms with Crippen LogP contribution < -0.4 is 4.74 Å². The van der Waals surface area contributed by atoms with Crippen LogP contribution in [0.15, 0.2) is 18.2 Å². The first-order valence-electron chi connectivity index (χ1n) is 4.94. The van der Waals surface area contributed by atoms with Gasteiger partial charge in [0.1, 0.15) is 11.3 Å². The Labute approximate surface area is 89.7 Å². The van der Waals surface area contributed by atoms with E-state index in [9.17, 15) is 4.79 Å². The summed E-state index contributed by atoms with van der Waals surface area (Å²) in [6.07, 6.45) is 0.879. The van der Waals surface area contributed by atoms with Crippen molar-refractivity contribution in [2.24, 2.45) is 5.92 Å². The number of carboxylic acid groups (broad SMARTS) is 1. The highest BCUT2D eigenvalue weighted by Crippen LogP contribution is 2.21. The van der Waals surface area contributed by atoms with Crippen molar-refractivity contribution in [1.29, 1.82) is 0 Å². The highest BCUT2D eigenvalue weighted by atomic mass is 16.5. The molecule has 0 saturated carbocycles. The third kappa shape index (κ3) is 2.98. The van der Waals surface area contributed by atoms with Gasteiger partial charge in [0.25, 0.3) is 0 Å². The molecule has 0 saturated heterocycles. The molecule has 1 N–H and O–H groups in total. The maximum atomic E-state index is 10.9. The van der Waals surface area contributed by atoms with Gasteiger partial charge in [-0.05, 0) is 30.0 Å². The molecule has 0 atom stereocenters. The second-order valence-electron chi connectivity index (χ2n) is 3.94. The molecule has 82 valence electrons. The van der Waals surface area contributed by atoms with Gasteiger partial charge < -0.3 is 9.84 Å². The summed E-state index contributed by atoms with van der Waals surface area (Å²) in [5, 5.41) is 8.98. The minimum Gasteiger partial charge on any atom is -0.496 e. The summed E-state index contributed by atoms with van der Waals surface area (Å²) in [5.74, 6) is -0.0208. The lowest BCUT2D eigenvalue weighted by molar-refractivity contribution is 0.0693. The maximum Gasteiger partial charge on any atom is 0.339 e. The topological polar surface area (TPSA) is 46.5 Å². The van der Waals surface area contributed by atoms with Crippen LogP contribution in [0.25, 0.3) is 0 Å². The molecule has 0 aliphatic rings. The Morgan fingerprint density at radius 1 is 1.47 bits per heavy atom. The van der Waals surface area contributed by atoms with Crippen LogP contribution in [0.2, 0.25) is 0 Å². The van der Waals surface area contributed by atoms with Crippen LogP contribution in [-0.4, -0.2) is 18.2 Å². The van der Waals surface area contributed by atoms with Gasteiger partial charge in [0.05, 0.1) is 7.11 Å². The largest absolute Gasteiger partial charge is 0.496 e. The molecule has 0 fully saturated rings. The molecule has 0 spiro atoms. The Morgan fingerprint density at radius 3 is 2.60 bits per heavy atom. The number of rotatable bonds is 4. The molecule has 0 unspecified atom stereocenters. The number of carbonyl (C=O) groups is 1.